The molecule has 0 aliphatic carbocycles. The van der Waals surface area contributed by atoms with Crippen LogP contribution in [0.1, 0.15) is 19.7 Å². The van der Waals surface area contributed by atoms with E-state index in [4.69, 9.17) is 34.8 Å². The highest BCUT2D eigenvalue weighted by atomic mass is 35.6. The van der Waals surface area contributed by atoms with Crippen molar-refractivity contribution in [2.24, 2.45) is 0 Å². The quantitative estimate of drug-likeness (QED) is 0.736. The number of nitrogens with one attached hydrogen (secondary N) is 1. The summed E-state index contributed by atoms with van der Waals surface area (Å²) in [5.41, 5.74) is 0. The number of alkyl halides is 3. The minimum Gasteiger partial charge on any atom is -0.392 e. The highest BCUT2D eigenvalue weighted by Crippen LogP contribution is 2.36. The molecule has 2 rings (SSSR count). The number of amides is 1. The Hall–Kier alpha value is -1.09. The molecule has 0 bridgehead atoms. The first-order chi connectivity index (χ1) is 11.2. The van der Waals surface area contributed by atoms with Gasteiger partial charge in [-0.2, -0.15) is 15.0 Å². The van der Waals surface area contributed by atoms with Gasteiger partial charge in [0.15, 0.2) is 5.82 Å². The Kier molecular flexibility index (Phi) is 6.30. The van der Waals surface area contributed by atoms with E-state index in [1.54, 1.807) is 11.8 Å². The minimum atomic E-state index is -1.79. The molecule has 1 fully saturated rings. The number of piperazine rings is 1. The van der Waals surface area contributed by atoms with E-state index in [0.29, 0.717) is 32.1 Å². The molecule has 0 radical (unpaired) electrons. The molecule has 1 saturated heterocycles. The van der Waals surface area contributed by atoms with Crippen molar-refractivity contribution in [3.8, 4) is 0 Å². The first-order valence-corrected chi connectivity index (χ1v) is 8.56. The summed E-state index contributed by atoms with van der Waals surface area (Å²) in [6.07, 6.45) is -0.583. The number of aromatic nitrogens is 3. The molecule has 134 valence electrons. The standard InChI is InChI=1S/C13H19Cl3N6O2/c1-8(23)7-17-11-18-10(13(14,15)16)19-12(20-11)22-5-3-21(4-6-22)9(2)24/h8,23H,3-7H2,1-2H3,(H,17,18,19,20). The zero-order chi connectivity index (χ0) is 17.9. The van der Waals surface area contributed by atoms with Crippen LogP contribution < -0.4 is 10.2 Å². The Morgan fingerprint density at radius 2 is 1.88 bits per heavy atom. The van der Waals surface area contributed by atoms with Gasteiger partial charge in [-0.25, -0.2) is 0 Å². The number of aliphatic hydroxyl groups is 1. The van der Waals surface area contributed by atoms with Crippen molar-refractivity contribution in [3.05, 3.63) is 5.82 Å². The number of hydrogen-bond acceptors (Lipinski definition) is 7. The summed E-state index contributed by atoms with van der Waals surface area (Å²) in [6, 6.07) is 0. The molecule has 0 aromatic carbocycles. The second-order valence-electron chi connectivity index (χ2n) is 5.50. The first-order valence-electron chi connectivity index (χ1n) is 7.42. The van der Waals surface area contributed by atoms with Crippen LogP contribution in [0.4, 0.5) is 11.9 Å². The van der Waals surface area contributed by atoms with Crippen LogP contribution in [0.25, 0.3) is 0 Å². The number of hydrogen-bond donors (Lipinski definition) is 2. The zero-order valence-corrected chi connectivity index (χ0v) is 15.6. The number of halogens is 3. The zero-order valence-electron chi connectivity index (χ0n) is 13.3. The van der Waals surface area contributed by atoms with Gasteiger partial charge in [0.05, 0.1) is 6.10 Å². The van der Waals surface area contributed by atoms with E-state index in [-0.39, 0.29) is 24.2 Å². The van der Waals surface area contributed by atoms with E-state index in [1.165, 1.54) is 6.92 Å². The molecular formula is C13H19Cl3N6O2. The molecule has 2 N–H and O–H groups in total. The average molecular weight is 398 g/mol. The van der Waals surface area contributed by atoms with Gasteiger partial charge >= 0.3 is 0 Å². The number of carbonyl (C=O) groups excluding carboxylic acids is 1. The van der Waals surface area contributed by atoms with Crippen LogP contribution >= 0.6 is 34.8 Å². The van der Waals surface area contributed by atoms with Crippen molar-refractivity contribution in [3.63, 3.8) is 0 Å². The van der Waals surface area contributed by atoms with Gasteiger partial charge in [0.2, 0.25) is 21.6 Å². The molecule has 11 heteroatoms. The van der Waals surface area contributed by atoms with Gasteiger partial charge < -0.3 is 20.2 Å². The van der Waals surface area contributed by atoms with Crippen molar-refractivity contribution in [2.75, 3.05) is 42.9 Å². The smallest absolute Gasteiger partial charge is 0.250 e. The normalized spacial score (nSPS) is 16.9. The predicted molar refractivity (Wildman–Crippen MR) is 93.7 cm³/mol. The van der Waals surface area contributed by atoms with E-state index in [2.05, 4.69) is 20.3 Å². The van der Waals surface area contributed by atoms with E-state index in [1.807, 2.05) is 4.90 Å². The van der Waals surface area contributed by atoms with Gasteiger partial charge in [-0.3, -0.25) is 4.79 Å². The molecule has 24 heavy (non-hydrogen) atoms. The molecule has 1 amide bonds. The lowest BCUT2D eigenvalue weighted by Crippen LogP contribution is -2.48. The lowest BCUT2D eigenvalue weighted by Gasteiger charge is -2.34. The SMILES string of the molecule is CC(=O)N1CCN(c2nc(NCC(C)O)nc(C(Cl)(Cl)Cl)n2)CC1. The molecular weight excluding hydrogens is 379 g/mol. The second-order valence-corrected chi connectivity index (χ2v) is 7.78. The van der Waals surface area contributed by atoms with Gasteiger partial charge in [0, 0.05) is 39.6 Å². The third-order valence-electron chi connectivity index (χ3n) is 3.44. The Morgan fingerprint density at radius 3 is 2.38 bits per heavy atom. The van der Waals surface area contributed by atoms with E-state index in [0.717, 1.165) is 0 Å². The van der Waals surface area contributed by atoms with Crippen molar-refractivity contribution in [1.82, 2.24) is 19.9 Å². The molecule has 0 saturated carbocycles. The molecule has 8 nitrogen and oxygen atoms in total. The monoisotopic (exact) mass is 396 g/mol. The lowest BCUT2D eigenvalue weighted by atomic mass is 10.3. The van der Waals surface area contributed by atoms with Crippen LogP contribution in [0.5, 0.6) is 0 Å². The number of nitrogens with zero attached hydrogens (tertiary/aromatic N) is 5. The Morgan fingerprint density at radius 1 is 1.25 bits per heavy atom. The van der Waals surface area contributed by atoms with E-state index < -0.39 is 9.90 Å². The second kappa shape index (κ2) is 7.86. The van der Waals surface area contributed by atoms with Crippen LogP contribution in [0.3, 0.4) is 0 Å². The number of rotatable bonds is 4. The van der Waals surface area contributed by atoms with Gasteiger partial charge in [0.1, 0.15) is 0 Å². The van der Waals surface area contributed by atoms with Crippen molar-refractivity contribution in [2.45, 2.75) is 23.7 Å². The van der Waals surface area contributed by atoms with Crippen LogP contribution in [-0.4, -0.2) is 69.7 Å². The molecule has 1 aliphatic rings. The summed E-state index contributed by atoms with van der Waals surface area (Å²) >= 11 is 17.7. The fraction of sp³-hybridized carbons (Fsp3) is 0.692. The average Bonchev–Trinajstić information content (AvgIpc) is 2.52. The summed E-state index contributed by atoms with van der Waals surface area (Å²) in [7, 11) is 0. The van der Waals surface area contributed by atoms with Crippen molar-refractivity contribution >= 4 is 52.6 Å². The van der Waals surface area contributed by atoms with E-state index in [9.17, 15) is 9.90 Å². The lowest BCUT2D eigenvalue weighted by molar-refractivity contribution is -0.129. The predicted octanol–water partition coefficient (Wildman–Crippen LogP) is 1.16. The molecule has 1 aromatic rings. The largest absolute Gasteiger partial charge is 0.392 e. The van der Waals surface area contributed by atoms with Crippen molar-refractivity contribution in [1.29, 1.82) is 0 Å². The molecule has 1 aromatic heterocycles. The van der Waals surface area contributed by atoms with Gasteiger partial charge in [-0.15, -0.1) is 0 Å². The fourth-order valence-corrected chi connectivity index (χ4v) is 2.43. The molecule has 0 spiro atoms. The molecule has 1 aliphatic heterocycles. The van der Waals surface area contributed by atoms with Gasteiger partial charge in [-0.1, -0.05) is 34.8 Å². The summed E-state index contributed by atoms with van der Waals surface area (Å²) in [4.78, 5) is 27.7. The van der Waals surface area contributed by atoms with Gasteiger partial charge in [0.25, 0.3) is 0 Å². The number of anilines is 2. The van der Waals surface area contributed by atoms with Crippen LogP contribution in [-0.2, 0) is 8.59 Å². The van der Waals surface area contributed by atoms with Crippen LogP contribution in [0.15, 0.2) is 0 Å². The van der Waals surface area contributed by atoms with Crippen molar-refractivity contribution < 1.29 is 9.90 Å². The maximum Gasteiger partial charge on any atom is 0.250 e. The van der Waals surface area contributed by atoms with E-state index >= 15 is 0 Å². The summed E-state index contributed by atoms with van der Waals surface area (Å²) in [5.74, 6) is 0.616. The number of carbonyl (C=O) groups is 1. The Balaban J connectivity index is 2.22. The Labute approximate surface area is 155 Å². The third kappa shape index (κ3) is 5.20. The first kappa shape index (κ1) is 19.2. The summed E-state index contributed by atoms with van der Waals surface area (Å²) in [6.45, 7) is 5.70. The molecule has 1 unspecified atom stereocenters. The highest BCUT2D eigenvalue weighted by molar-refractivity contribution is 6.66. The topological polar surface area (TPSA) is 94.5 Å². The minimum absolute atomic E-state index is 0.000379. The maximum absolute atomic E-state index is 11.4. The van der Waals surface area contributed by atoms with Crippen LogP contribution in [0, 0.1) is 0 Å². The summed E-state index contributed by atoms with van der Waals surface area (Å²) in [5, 5.41) is 12.3. The molecule has 1 atom stereocenters. The summed E-state index contributed by atoms with van der Waals surface area (Å²) < 4.78 is -1.79. The Bertz CT molecular complexity index is 588. The number of aliphatic hydroxyl groups excluding tert-OH is 1. The highest BCUT2D eigenvalue weighted by Gasteiger charge is 2.30. The maximum atomic E-state index is 11.4. The fourth-order valence-electron chi connectivity index (χ4n) is 2.17. The van der Waals surface area contributed by atoms with Crippen LogP contribution in [0.2, 0.25) is 0 Å². The van der Waals surface area contributed by atoms with Gasteiger partial charge in [-0.05, 0) is 6.92 Å². The molecule has 2 heterocycles. The third-order valence-corrected chi connectivity index (χ3v) is 3.95.